The molecule has 3 aromatic carbocycles. The van der Waals surface area contributed by atoms with Crippen LogP contribution >= 0.6 is 0 Å². The Labute approximate surface area is 181 Å². The first-order valence-electron chi connectivity index (χ1n) is 10.1. The molecule has 4 aromatic rings. The molecule has 4 rings (SSSR count). The first-order valence-corrected chi connectivity index (χ1v) is 10.1. The lowest BCUT2D eigenvalue weighted by Crippen LogP contribution is -2.09. The highest BCUT2D eigenvalue weighted by Crippen LogP contribution is 2.21. The van der Waals surface area contributed by atoms with Crippen molar-refractivity contribution in [2.45, 2.75) is 19.6 Å². The van der Waals surface area contributed by atoms with E-state index in [9.17, 15) is 4.79 Å². The van der Waals surface area contributed by atoms with E-state index in [2.05, 4.69) is 16.7 Å². The van der Waals surface area contributed by atoms with Crippen LogP contribution in [0.4, 0.5) is 0 Å². The van der Waals surface area contributed by atoms with E-state index in [0.717, 1.165) is 35.6 Å². The number of imidazole rings is 1. The summed E-state index contributed by atoms with van der Waals surface area (Å²) in [6.45, 7) is 1.05. The van der Waals surface area contributed by atoms with Crippen molar-refractivity contribution in [3.8, 4) is 11.5 Å². The van der Waals surface area contributed by atoms with Gasteiger partial charge in [0.2, 0.25) is 0 Å². The SMILES string of the molecule is COC(=O)c1cccc(OCc2nc3ccccc3n2CCc2cccc(OC)c2)c1. The zero-order chi connectivity index (χ0) is 21.6. The van der Waals surface area contributed by atoms with Crippen LogP contribution in [0.15, 0.2) is 72.8 Å². The predicted molar refractivity (Wildman–Crippen MR) is 119 cm³/mol. The van der Waals surface area contributed by atoms with Gasteiger partial charge in [-0.05, 0) is 54.4 Å². The van der Waals surface area contributed by atoms with Gasteiger partial charge in [0.15, 0.2) is 0 Å². The number of carbonyl (C=O) groups excluding carboxylic acids is 1. The van der Waals surface area contributed by atoms with Crippen molar-refractivity contribution in [1.29, 1.82) is 0 Å². The van der Waals surface area contributed by atoms with Crippen molar-refractivity contribution in [1.82, 2.24) is 9.55 Å². The number of hydrogen-bond donors (Lipinski definition) is 0. The molecule has 6 heteroatoms. The van der Waals surface area contributed by atoms with Gasteiger partial charge in [0, 0.05) is 6.54 Å². The third-order valence-electron chi connectivity index (χ3n) is 5.11. The first kappa shape index (κ1) is 20.5. The lowest BCUT2D eigenvalue weighted by molar-refractivity contribution is 0.0600. The fourth-order valence-corrected chi connectivity index (χ4v) is 3.53. The molecule has 0 N–H and O–H groups in total. The number of ether oxygens (including phenoxy) is 3. The van der Waals surface area contributed by atoms with Crippen molar-refractivity contribution in [2.24, 2.45) is 0 Å². The maximum absolute atomic E-state index is 11.8. The topological polar surface area (TPSA) is 62.6 Å². The van der Waals surface area contributed by atoms with Crippen LogP contribution in [0.2, 0.25) is 0 Å². The third kappa shape index (κ3) is 4.69. The number of methoxy groups -OCH3 is 2. The van der Waals surface area contributed by atoms with Gasteiger partial charge in [0.1, 0.15) is 23.9 Å². The van der Waals surface area contributed by atoms with Gasteiger partial charge >= 0.3 is 5.97 Å². The van der Waals surface area contributed by atoms with Crippen LogP contribution < -0.4 is 9.47 Å². The highest BCUT2D eigenvalue weighted by molar-refractivity contribution is 5.89. The number of rotatable bonds is 8. The molecule has 0 bridgehead atoms. The Morgan fingerprint density at radius 3 is 2.58 bits per heavy atom. The lowest BCUT2D eigenvalue weighted by Gasteiger charge is -2.12. The van der Waals surface area contributed by atoms with E-state index in [-0.39, 0.29) is 6.61 Å². The number of esters is 1. The molecule has 0 spiro atoms. The summed E-state index contributed by atoms with van der Waals surface area (Å²) in [6, 6.07) is 23.1. The molecule has 0 fully saturated rings. The molecule has 6 nitrogen and oxygen atoms in total. The summed E-state index contributed by atoms with van der Waals surface area (Å²) < 4.78 is 18.3. The van der Waals surface area contributed by atoms with Crippen LogP contribution in [0.1, 0.15) is 21.7 Å². The molecule has 0 aliphatic carbocycles. The highest BCUT2D eigenvalue weighted by Gasteiger charge is 2.12. The minimum Gasteiger partial charge on any atom is -0.497 e. The van der Waals surface area contributed by atoms with Crippen LogP contribution in [-0.2, 0) is 24.3 Å². The van der Waals surface area contributed by atoms with Crippen LogP contribution in [0.3, 0.4) is 0 Å². The lowest BCUT2D eigenvalue weighted by atomic mass is 10.1. The van der Waals surface area contributed by atoms with Crippen molar-refractivity contribution in [2.75, 3.05) is 14.2 Å². The smallest absolute Gasteiger partial charge is 0.337 e. The molecule has 0 saturated heterocycles. The number of aromatic nitrogens is 2. The third-order valence-corrected chi connectivity index (χ3v) is 5.11. The zero-order valence-corrected chi connectivity index (χ0v) is 17.6. The first-order chi connectivity index (χ1) is 15.2. The monoisotopic (exact) mass is 416 g/mol. The molecule has 0 unspecified atom stereocenters. The highest BCUT2D eigenvalue weighted by atomic mass is 16.5. The molecule has 1 heterocycles. The molecule has 0 aliphatic heterocycles. The van der Waals surface area contributed by atoms with Crippen molar-refractivity contribution in [3.63, 3.8) is 0 Å². The van der Waals surface area contributed by atoms with E-state index in [1.165, 1.54) is 12.7 Å². The number of para-hydroxylation sites is 2. The van der Waals surface area contributed by atoms with E-state index in [0.29, 0.717) is 11.3 Å². The zero-order valence-electron chi connectivity index (χ0n) is 17.6. The second-order valence-corrected chi connectivity index (χ2v) is 7.08. The summed E-state index contributed by atoms with van der Waals surface area (Å²) >= 11 is 0. The molecule has 0 aliphatic rings. The van der Waals surface area contributed by atoms with Gasteiger partial charge in [-0.15, -0.1) is 0 Å². The minimum atomic E-state index is -0.393. The van der Waals surface area contributed by atoms with Gasteiger partial charge in [0.05, 0.1) is 30.8 Å². The number of benzene rings is 3. The number of fused-ring (bicyclic) bond motifs is 1. The molecule has 0 amide bonds. The van der Waals surface area contributed by atoms with Crippen LogP contribution in [0.25, 0.3) is 11.0 Å². The number of aryl methyl sites for hydroxylation is 2. The van der Waals surface area contributed by atoms with E-state index in [1.807, 2.05) is 42.5 Å². The maximum Gasteiger partial charge on any atom is 0.337 e. The molecule has 31 heavy (non-hydrogen) atoms. The summed E-state index contributed by atoms with van der Waals surface area (Å²) in [6.07, 6.45) is 0.836. The average Bonchev–Trinajstić information content (AvgIpc) is 3.18. The molecular formula is C25H24N2O4. The van der Waals surface area contributed by atoms with Crippen molar-refractivity contribution >= 4 is 17.0 Å². The number of carbonyl (C=O) groups is 1. The summed E-state index contributed by atoms with van der Waals surface area (Å²) in [7, 11) is 3.04. The molecule has 158 valence electrons. The fourth-order valence-electron chi connectivity index (χ4n) is 3.53. The summed E-state index contributed by atoms with van der Waals surface area (Å²) in [5.74, 6) is 1.87. The van der Waals surface area contributed by atoms with Gasteiger partial charge in [0.25, 0.3) is 0 Å². The number of hydrogen-bond acceptors (Lipinski definition) is 5. The van der Waals surface area contributed by atoms with Gasteiger partial charge in [-0.3, -0.25) is 0 Å². The largest absolute Gasteiger partial charge is 0.497 e. The second kappa shape index (κ2) is 9.34. The van der Waals surface area contributed by atoms with Gasteiger partial charge in [-0.1, -0.05) is 30.3 Å². The van der Waals surface area contributed by atoms with E-state index in [1.54, 1.807) is 25.3 Å². The van der Waals surface area contributed by atoms with E-state index in [4.69, 9.17) is 19.2 Å². The molecular weight excluding hydrogens is 392 g/mol. The summed E-state index contributed by atoms with van der Waals surface area (Å²) in [4.78, 5) is 16.5. The number of nitrogens with zero attached hydrogens (tertiary/aromatic N) is 2. The normalized spacial score (nSPS) is 10.8. The molecule has 0 saturated carbocycles. The second-order valence-electron chi connectivity index (χ2n) is 7.08. The van der Waals surface area contributed by atoms with Crippen LogP contribution in [0, 0.1) is 0 Å². The van der Waals surface area contributed by atoms with Gasteiger partial charge in [-0.25, -0.2) is 9.78 Å². The van der Waals surface area contributed by atoms with Crippen molar-refractivity contribution in [3.05, 3.63) is 89.7 Å². The maximum atomic E-state index is 11.8. The van der Waals surface area contributed by atoms with E-state index < -0.39 is 5.97 Å². The molecule has 0 radical (unpaired) electrons. The van der Waals surface area contributed by atoms with E-state index >= 15 is 0 Å². The molecule has 1 aromatic heterocycles. The summed E-state index contributed by atoms with van der Waals surface area (Å²) in [5, 5.41) is 0. The average molecular weight is 416 g/mol. The Hall–Kier alpha value is -3.80. The minimum absolute atomic E-state index is 0.289. The Morgan fingerprint density at radius 2 is 1.74 bits per heavy atom. The Bertz CT molecular complexity index is 1200. The van der Waals surface area contributed by atoms with Gasteiger partial charge in [-0.2, -0.15) is 0 Å². The Morgan fingerprint density at radius 1 is 0.935 bits per heavy atom. The standard InChI is InChI=1S/C25H24N2O4/c1-29-20-9-5-7-18(15-20)13-14-27-23-12-4-3-11-22(23)26-24(27)17-31-21-10-6-8-19(16-21)25(28)30-2/h3-12,15-16H,13-14,17H2,1-2H3. The quantitative estimate of drug-likeness (QED) is 0.391. The molecule has 0 atom stereocenters. The fraction of sp³-hybridized carbons (Fsp3) is 0.200. The van der Waals surface area contributed by atoms with Gasteiger partial charge < -0.3 is 18.8 Å². The van der Waals surface area contributed by atoms with Crippen LogP contribution in [-0.4, -0.2) is 29.7 Å². The van der Waals surface area contributed by atoms with Crippen molar-refractivity contribution < 1.29 is 19.0 Å². The predicted octanol–water partition coefficient (Wildman–Crippen LogP) is 4.65. The van der Waals surface area contributed by atoms with Crippen LogP contribution in [0.5, 0.6) is 11.5 Å². The summed E-state index contributed by atoms with van der Waals surface area (Å²) in [5.41, 5.74) is 3.63. The Balaban J connectivity index is 1.55. The Kier molecular flexibility index (Phi) is 6.17.